The third kappa shape index (κ3) is 3.68. The molecule has 1 unspecified atom stereocenters. The summed E-state index contributed by atoms with van der Waals surface area (Å²) in [5.74, 6) is -0.247. The monoisotopic (exact) mass is 400 g/mol. The first-order chi connectivity index (χ1) is 9.63. The second-order valence-corrected chi connectivity index (χ2v) is 6.20. The van der Waals surface area contributed by atoms with Crippen LogP contribution in [-0.2, 0) is 11.2 Å². The minimum atomic E-state index is -0.247. The molecule has 20 heavy (non-hydrogen) atoms. The Kier molecular flexibility index (Phi) is 5.75. The normalized spacial score (nSPS) is 12.4. The molecule has 0 N–H and O–H groups in total. The van der Waals surface area contributed by atoms with Crippen LogP contribution in [0.2, 0.25) is 0 Å². The predicted molar refractivity (Wildman–Crippen MR) is 86.9 cm³/mol. The molecule has 0 bridgehead atoms. The van der Waals surface area contributed by atoms with Crippen LogP contribution >= 0.6 is 31.9 Å². The number of benzene rings is 2. The number of ether oxygens (including phenoxy) is 1. The molecule has 0 spiro atoms. The quantitative estimate of drug-likeness (QED) is 0.620. The van der Waals surface area contributed by atoms with E-state index in [1.54, 1.807) is 13.2 Å². The maximum Gasteiger partial charge on any atom is 0.137 e. The second kappa shape index (κ2) is 7.34. The molecule has 0 fully saturated rings. The van der Waals surface area contributed by atoms with E-state index < -0.39 is 0 Å². The number of rotatable bonds is 5. The largest absolute Gasteiger partial charge is 0.384 e. The van der Waals surface area contributed by atoms with Gasteiger partial charge in [0.1, 0.15) is 5.82 Å². The Labute approximate surface area is 135 Å². The SMILES string of the molecule is COCCc1ccc(C(Br)c2cccc(F)c2Br)cc1. The van der Waals surface area contributed by atoms with Crippen LogP contribution in [-0.4, -0.2) is 13.7 Å². The van der Waals surface area contributed by atoms with E-state index in [1.165, 1.54) is 11.6 Å². The number of halogens is 3. The van der Waals surface area contributed by atoms with Gasteiger partial charge in [0.05, 0.1) is 15.9 Å². The summed E-state index contributed by atoms with van der Waals surface area (Å²) in [6.07, 6.45) is 0.896. The fraction of sp³-hybridized carbons (Fsp3) is 0.250. The molecule has 0 heterocycles. The number of methoxy groups -OCH3 is 1. The summed E-state index contributed by atoms with van der Waals surface area (Å²) in [5, 5.41) is 0. The predicted octanol–water partition coefficient (Wildman–Crippen LogP) is 5.26. The summed E-state index contributed by atoms with van der Waals surface area (Å²) in [7, 11) is 1.70. The molecule has 106 valence electrons. The molecule has 0 aliphatic carbocycles. The zero-order valence-corrected chi connectivity index (χ0v) is 14.2. The second-order valence-electron chi connectivity index (χ2n) is 4.49. The average molecular weight is 402 g/mol. The molecule has 2 aromatic rings. The first-order valence-corrected chi connectivity index (χ1v) is 8.00. The molecule has 0 saturated carbocycles. The first kappa shape index (κ1) is 15.7. The van der Waals surface area contributed by atoms with E-state index in [9.17, 15) is 4.39 Å². The summed E-state index contributed by atoms with van der Waals surface area (Å²) in [6, 6.07) is 13.3. The zero-order chi connectivity index (χ0) is 14.5. The third-order valence-corrected chi connectivity index (χ3v) is 4.98. The van der Waals surface area contributed by atoms with Crippen molar-refractivity contribution in [3.05, 3.63) is 69.4 Å². The lowest BCUT2D eigenvalue weighted by Gasteiger charge is -2.13. The van der Waals surface area contributed by atoms with E-state index in [0.29, 0.717) is 11.1 Å². The van der Waals surface area contributed by atoms with Crippen molar-refractivity contribution >= 4 is 31.9 Å². The van der Waals surface area contributed by atoms with Gasteiger partial charge in [-0.2, -0.15) is 0 Å². The molecular formula is C16H15Br2FO. The number of alkyl halides is 1. The Morgan fingerprint density at radius 1 is 1.15 bits per heavy atom. The highest BCUT2D eigenvalue weighted by Gasteiger charge is 2.15. The Balaban J connectivity index is 2.20. The van der Waals surface area contributed by atoms with Crippen LogP contribution in [0.4, 0.5) is 4.39 Å². The topological polar surface area (TPSA) is 9.23 Å². The molecule has 0 aliphatic heterocycles. The summed E-state index contributed by atoms with van der Waals surface area (Å²) in [5.41, 5.74) is 3.21. The summed E-state index contributed by atoms with van der Waals surface area (Å²) >= 11 is 6.94. The van der Waals surface area contributed by atoms with Crippen LogP contribution in [0, 0.1) is 5.82 Å². The van der Waals surface area contributed by atoms with E-state index in [-0.39, 0.29) is 10.6 Å². The number of hydrogen-bond acceptors (Lipinski definition) is 1. The smallest absolute Gasteiger partial charge is 0.137 e. The lowest BCUT2D eigenvalue weighted by Crippen LogP contribution is -1.98. The number of hydrogen-bond donors (Lipinski definition) is 0. The summed E-state index contributed by atoms with van der Waals surface area (Å²) in [6.45, 7) is 0.715. The molecule has 2 aromatic carbocycles. The maximum absolute atomic E-state index is 13.6. The van der Waals surface area contributed by atoms with Crippen molar-refractivity contribution in [2.45, 2.75) is 11.2 Å². The van der Waals surface area contributed by atoms with Crippen LogP contribution in [0.3, 0.4) is 0 Å². The van der Waals surface area contributed by atoms with Gasteiger partial charge in [0.25, 0.3) is 0 Å². The Bertz CT molecular complexity index is 569. The van der Waals surface area contributed by atoms with Crippen molar-refractivity contribution in [1.29, 1.82) is 0 Å². The van der Waals surface area contributed by atoms with Crippen molar-refractivity contribution in [3.63, 3.8) is 0 Å². The van der Waals surface area contributed by atoms with Gasteiger partial charge in [-0.05, 0) is 45.1 Å². The first-order valence-electron chi connectivity index (χ1n) is 6.29. The Morgan fingerprint density at radius 2 is 1.85 bits per heavy atom. The van der Waals surface area contributed by atoms with E-state index in [0.717, 1.165) is 17.5 Å². The Morgan fingerprint density at radius 3 is 2.50 bits per heavy atom. The van der Waals surface area contributed by atoms with E-state index in [2.05, 4.69) is 56.1 Å². The standard InChI is InChI=1S/C16H15Br2FO/c1-20-10-9-11-5-7-12(8-6-11)15(17)13-3-2-4-14(19)16(13)18/h2-8,15H,9-10H2,1H3. The third-order valence-electron chi connectivity index (χ3n) is 3.12. The van der Waals surface area contributed by atoms with E-state index in [1.807, 2.05) is 6.07 Å². The molecule has 0 aromatic heterocycles. The van der Waals surface area contributed by atoms with Gasteiger partial charge < -0.3 is 4.74 Å². The van der Waals surface area contributed by atoms with Crippen LogP contribution in [0.25, 0.3) is 0 Å². The molecule has 2 rings (SSSR count). The average Bonchev–Trinajstić information content (AvgIpc) is 2.48. The fourth-order valence-electron chi connectivity index (χ4n) is 1.97. The minimum Gasteiger partial charge on any atom is -0.384 e. The van der Waals surface area contributed by atoms with Gasteiger partial charge in [0, 0.05) is 7.11 Å². The van der Waals surface area contributed by atoms with Crippen molar-refractivity contribution < 1.29 is 9.13 Å². The van der Waals surface area contributed by atoms with Gasteiger partial charge in [-0.15, -0.1) is 0 Å². The highest BCUT2D eigenvalue weighted by molar-refractivity contribution is 9.11. The lowest BCUT2D eigenvalue weighted by molar-refractivity contribution is 0.202. The van der Waals surface area contributed by atoms with Gasteiger partial charge in [-0.1, -0.05) is 52.3 Å². The molecular weight excluding hydrogens is 387 g/mol. The van der Waals surface area contributed by atoms with Crippen LogP contribution in [0.1, 0.15) is 21.5 Å². The van der Waals surface area contributed by atoms with Gasteiger partial charge in [0.15, 0.2) is 0 Å². The van der Waals surface area contributed by atoms with Crippen molar-refractivity contribution in [2.75, 3.05) is 13.7 Å². The lowest BCUT2D eigenvalue weighted by atomic mass is 10.0. The van der Waals surface area contributed by atoms with E-state index in [4.69, 9.17) is 4.74 Å². The molecule has 0 radical (unpaired) electrons. The van der Waals surface area contributed by atoms with Crippen molar-refractivity contribution in [1.82, 2.24) is 0 Å². The fourth-order valence-corrected chi connectivity index (χ4v) is 3.46. The summed E-state index contributed by atoms with van der Waals surface area (Å²) in [4.78, 5) is -0.0379. The van der Waals surface area contributed by atoms with Gasteiger partial charge in [-0.25, -0.2) is 4.39 Å². The van der Waals surface area contributed by atoms with E-state index >= 15 is 0 Å². The highest BCUT2D eigenvalue weighted by Crippen LogP contribution is 2.36. The molecule has 1 nitrogen and oxygen atoms in total. The van der Waals surface area contributed by atoms with Crippen LogP contribution in [0.5, 0.6) is 0 Å². The highest BCUT2D eigenvalue weighted by atomic mass is 79.9. The molecule has 0 saturated heterocycles. The zero-order valence-electron chi connectivity index (χ0n) is 11.1. The molecule has 0 aliphatic rings. The minimum absolute atomic E-state index is 0.0379. The van der Waals surface area contributed by atoms with Crippen LogP contribution < -0.4 is 0 Å². The molecule has 4 heteroatoms. The summed E-state index contributed by atoms with van der Waals surface area (Å²) < 4.78 is 19.1. The Hall–Kier alpha value is -0.710. The molecule has 0 amide bonds. The van der Waals surface area contributed by atoms with Crippen molar-refractivity contribution in [2.24, 2.45) is 0 Å². The van der Waals surface area contributed by atoms with Crippen molar-refractivity contribution in [3.8, 4) is 0 Å². The van der Waals surface area contributed by atoms with Gasteiger partial charge in [0.2, 0.25) is 0 Å². The van der Waals surface area contributed by atoms with Crippen LogP contribution in [0.15, 0.2) is 46.9 Å². The maximum atomic E-state index is 13.6. The van der Waals surface area contributed by atoms with Gasteiger partial charge in [-0.3, -0.25) is 0 Å². The van der Waals surface area contributed by atoms with Gasteiger partial charge >= 0.3 is 0 Å². The molecule has 1 atom stereocenters.